The fourth-order valence-corrected chi connectivity index (χ4v) is 5.87. The number of piperidine rings is 1. The summed E-state index contributed by atoms with van der Waals surface area (Å²) in [6.07, 6.45) is 5.14. The number of anilines is 1. The maximum absolute atomic E-state index is 13.4. The lowest BCUT2D eigenvalue weighted by Gasteiger charge is -2.31. The molecule has 2 saturated heterocycles. The molecule has 1 aliphatic carbocycles. The molecule has 1 aromatic rings. The zero-order valence-electron chi connectivity index (χ0n) is 18.1. The molecule has 0 aromatic carbocycles. The Morgan fingerprint density at radius 2 is 1.87 bits per heavy atom. The van der Waals surface area contributed by atoms with E-state index >= 15 is 0 Å². The molecule has 0 spiro atoms. The summed E-state index contributed by atoms with van der Waals surface area (Å²) >= 11 is 1.55. The minimum absolute atomic E-state index is 0.00482. The molecule has 4 rings (SSSR count). The van der Waals surface area contributed by atoms with E-state index in [-0.39, 0.29) is 23.8 Å². The van der Waals surface area contributed by atoms with Crippen LogP contribution in [-0.4, -0.2) is 73.7 Å². The number of nitrogens with zero attached hydrogens (tertiary/aromatic N) is 2. The van der Waals surface area contributed by atoms with E-state index in [1.165, 1.54) is 4.88 Å². The van der Waals surface area contributed by atoms with Crippen LogP contribution in [0.25, 0.3) is 0 Å². The second-order valence-electron chi connectivity index (χ2n) is 8.29. The smallest absolute Gasteiger partial charge is 0.409 e. The second kappa shape index (κ2) is 9.99. The van der Waals surface area contributed by atoms with E-state index in [9.17, 15) is 14.4 Å². The Hall–Kier alpha value is -2.13. The highest BCUT2D eigenvalue weighted by Crippen LogP contribution is 2.39. The van der Waals surface area contributed by atoms with Crippen molar-refractivity contribution in [2.24, 2.45) is 5.92 Å². The first kappa shape index (κ1) is 22.1. The molecule has 1 aromatic heterocycles. The van der Waals surface area contributed by atoms with Crippen LogP contribution in [0.15, 0.2) is 0 Å². The maximum Gasteiger partial charge on any atom is 0.409 e. The van der Waals surface area contributed by atoms with Crippen LogP contribution in [0.3, 0.4) is 0 Å². The monoisotopic (exact) mass is 449 g/mol. The van der Waals surface area contributed by atoms with Gasteiger partial charge in [-0.2, -0.15) is 0 Å². The fourth-order valence-electron chi connectivity index (χ4n) is 4.59. The number of thiophene rings is 1. The average molecular weight is 450 g/mol. The van der Waals surface area contributed by atoms with Gasteiger partial charge >= 0.3 is 6.09 Å². The molecule has 2 fully saturated rings. The van der Waals surface area contributed by atoms with E-state index in [1.54, 1.807) is 23.2 Å². The lowest BCUT2D eigenvalue weighted by molar-refractivity contribution is -0.121. The largest absolute Gasteiger partial charge is 0.450 e. The fraction of sp³-hybridized carbons (Fsp3) is 0.682. The Morgan fingerprint density at radius 3 is 2.65 bits per heavy atom. The van der Waals surface area contributed by atoms with Gasteiger partial charge in [-0.3, -0.25) is 9.59 Å². The van der Waals surface area contributed by atoms with Crippen LogP contribution in [0.5, 0.6) is 0 Å². The molecule has 3 heterocycles. The Labute approximate surface area is 186 Å². The Morgan fingerprint density at radius 1 is 1.10 bits per heavy atom. The highest BCUT2D eigenvalue weighted by atomic mass is 32.1. The van der Waals surface area contributed by atoms with Gasteiger partial charge in [-0.15, -0.1) is 11.3 Å². The first-order valence-electron chi connectivity index (χ1n) is 11.3. The van der Waals surface area contributed by atoms with Crippen LogP contribution in [0, 0.1) is 5.92 Å². The summed E-state index contributed by atoms with van der Waals surface area (Å²) in [6, 6.07) is 0. The van der Waals surface area contributed by atoms with Crippen LogP contribution in [0.2, 0.25) is 0 Å². The molecule has 170 valence electrons. The number of rotatable bonds is 4. The maximum atomic E-state index is 13.4. The molecule has 0 bridgehead atoms. The number of carbonyl (C=O) groups is 3. The third-order valence-corrected chi connectivity index (χ3v) is 7.45. The molecular weight excluding hydrogens is 418 g/mol. The highest BCUT2D eigenvalue weighted by molar-refractivity contribution is 7.17. The van der Waals surface area contributed by atoms with Crippen molar-refractivity contribution >= 4 is 34.2 Å². The zero-order valence-corrected chi connectivity index (χ0v) is 18.9. The summed E-state index contributed by atoms with van der Waals surface area (Å²) < 4.78 is 10.5. The summed E-state index contributed by atoms with van der Waals surface area (Å²) in [5.41, 5.74) is 1.79. The molecular formula is C22H31N3O5S. The van der Waals surface area contributed by atoms with E-state index in [1.807, 2.05) is 4.90 Å². The van der Waals surface area contributed by atoms with Crippen LogP contribution in [0.4, 0.5) is 9.80 Å². The van der Waals surface area contributed by atoms with Gasteiger partial charge < -0.3 is 24.6 Å². The van der Waals surface area contributed by atoms with Gasteiger partial charge in [0.1, 0.15) is 5.00 Å². The Bertz CT molecular complexity index is 833. The van der Waals surface area contributed by atoms with Gasteiger partial charge in [0.15, 0.2) is 0 Å². The van der Waals surface area contributed by atoms with Crippen molar-refractivity contribution in [3.63, 3.8) is 0 Å². The van der Waals surface area contributed by atoms with Crippen LogP contribution < -0.4 is 5.32 Å². The number of fused-ring (bicyclic) bond motifs is 1. The van der Waals surface area contributed by atoms with Crippen molar-refractivity contribution in [1.29, 1.82) is 0 Å². The number of hydrogen-bond acceptors (Lipinski definition) is 6. The summed E-state index contributed by atoms with van der Waals surface area (Å²) in [5, 5.41) is 3.74. The molecule has 2 aliphatic heterocycles. The summed E-state index contributed by atoms with van der Waals surface area (Å²) in [6.45, 7) is 5.30. The first-order valence-corrected chi connectivity index (χ1v) is 12.1. The number of morpholine rings is 1. The molecule has 0 radical (unpaired) electrons. The summed E-state index contributed by atoms with van der Waals surface area (Å²) in [4.78, 5) is 43.3. The van der Waals surface area contributed by atoms with Crippen LogP contribution in [0.1, 0.15) is 53.4 Å². The first-order chi connectivity index (χ1) is 15.1. The van der Waals surface area contributed by atoms with Gasteiger partial charge in [-0.1, -0.05) is 0 Å². The van der Waals surface area contributed by atoms with E-state index in [4.69, 9.17) is 9.47 Å². The van der Waals surface area contributed by atoms with E-state index in [0.29, 0.717) is 56.6 Å². The minimum Gasteiger partial charge on any atom is -0.450 e. The highest BCUT2D eigenvalue weighted by Gasteiger charge is 2.33. The van der Waals surface area contributed by atoms with Gasteiger partial charge in [0.25, 0.3) is 5.91 Å². The van der Waals surface area contributed by atoms with E-state index in [2.05, 4.69) is 5.32 Å². The Kier molecular flexibility index (Phi) is 7.12. The van der Waals surface area contributed by atoms with Crippen molar-refractivity contribution in [3.8, 4) is 0 Å². The van der Waals surface area contributed by atoms with Crippen molar-refractivity contribution in [2.75, 3.05) is 51.3 Å². The molecule has 3 aliphatic rings. The number of nitrogens with one attached hydrogen (secondary N) is 1. The number of amides is 3. The van der Waals surface area contributed by atoms with Crippen molar-refractivity contribution in [3.05, 3.63) is 16.0 Å². The lowest BCUT2D eigenvalue weighted by atomic mass is 9.94. The molecule has 0 saturated carbocycles. The van der Waals surface area contributed by atoms with Gasteiger partial charge in [0.05, 0.1) is 31.3 Å². The predicted molar refractivity (Wildman–Crippen MR) is 118 cm³/mol. The summed E-state index contributed by atoms with van der Waals surface area (Å²) in [5.74, 6) is -0.429. The number of hydrogen-bond donors (Lipinski definition) is 1. The van der Waals surface area contributed by atoms with E-state index in [0.717, 1.165) is 44.1 Å². The number of ether oxygens (including phenoxy) is 2. The van der Waals surface area contributed by atoms with Crippen molar-refractivity contribution < 1.29 is 23.9 Å². The van der Waals surface area contributed by atoms with Crippen molar-refractivity contribution in [1.82, 2.24) is 9.80 Å². The SMILES string of the molecule is CCOC(=O)N1CCC[C@H](C(=O)Nc2sc3c(c2C(=O)N2CCOCC2)CCCC3)C1. The van der Waals surface area contributed by atoms with Gasteiger partial charge in [0, 0.05) is 31.1 Å². The predicted octanol–water partition coefficient (Wildman–Crippen LogP) is 2.91. The van der Waals surface area contributed by atoms with E-state index < -0.39 is 0 Å². The quantitative estimate of drug-likeness (QED) is 0.764. The van der Waals surface area contributed by atoms with Crippen LogP contribution in [-0.2, 0) is 27.1 Å². The topological polar surface area (TPSA) is 88.2 Å². The lowest BCUT2D eigenvalue weighted by Crippen LogP contribution is -2.44. The third-order valence-electron chi connectivity index (χ3n) is 6.24. The zero-order chi connectivity index (χ0) is 21.8. The second-order valence-corrected chi connectivity index (χ2v) is 9.40. The average Bonchev–Trinajstić information content (AvgIpc) is 3.17. The number of likely N-dealkylation sites (tertiary alicyclic amines) is 1. The normalized spacial score (nSPS) is 21.4. The number of carbonyl (C=O) groups excluding carboxylic acids is 3. The van der Waals surface area contributed by atoms with Gasteiger partial charge in [0.2, 0.25) is 5.91 Å². The molecule has 8 nitrogen and oxygen atoms in total. The van der Waals surface area contributed by atoms with Gasteiger partial charge in [-0.25, -0.2) is 4.79 Å². The molecule has 31 heavy (non-hydrogen) atoms. The summed E-state index contributed by atoms with van der Waals surface area (Å²) in [7, 11) is 0. The van der Waals surface area contributed by atoms with Crippen molar-refractivity contribution in [2.45, 2.75) is 45.4 Å². The molecule has 1 atom stereocenters. The minimum atomic E-state index is -0.366. The van der Waals surface area contributed by atoms with Crippen LogP contribution >= 0.6 is 11.3 Å². The number of aryl methyl sites for hydroxylation is 1. The molecule has 1 N–H and O–H groups in total. The third kappa shape index (κ3) is 4.87. The Balaban J connectivity index is 1.52. The molecule has 3 amide bonds. The molecule has 9 heteroatoms. The standard InChI is InChI=1S/C22H31N3O5S/c1-2-30-22(28)25-9-5-6-15(14-25)19(26)23-20-18(16-7-3-4-8-17(16)31-20)21(27)24-10-12-29-13-11-24/h15H,2-14H2,1H3,(H,23,26)/t15-/m0/s1. The molecule has 0 unspecified atom stereocenters. The van der Waals surface area contributed by atoms with Gasteiger partial charge in [-0.05, 0) is 51.0 Å².